The van der Waals surface area contributed by atoms with E-state index in [0.29, 0.717) is 11.8 Å². The summed E-state index contributed by atoms with van der Waals surface area (Å²) in [6, 6.07) is 4.03. The molecule has 0 spiro atoms. The van der Waals surface area contributed by atoms with Gasteiger partial charge in [0.25, 0.3) is 0 Å². The highest BCUT2D eigenvalue weighted by Crippen LogP contribution is 2.26. The van der Waals surface area contributed by atoms with Gasteiger partial charge in [0.1, 0.15) is 5.75 Å². The van der Waals surface area contributed by atoms with Gasteiger partial charge in [-0.05, 0) is 18.6 Å². The Bertz CT molecular complexity index is 344. The number of aryl methyl sites for hydroxylation is 1. The molecule has 0 unspecified atom stereocenters. The Balaban J connectivity index is 3.08. The summed E-state index contributed by atoms with van der Waals surface area (Å²) in [6.07, 6.45) is -4.43. The summed E-state index contributed by atoms with van der Waals surface area (Å²) in [5.41, 5.74) is 0.367. The van der Waals surface area contributed by atoms with Crippen LogP contribution >= 0.6 is 0 Å². The van der Waals surface area contributed by atoms with Gasteiger partial charge in [-0.1, -0.05) is 12.1 Å². The van der Waals surface area contributed by atoms with Crippen molar-refractivity contribution in [2.75, 3.05) is 0 Å². The molecule has 1 aromatic rings. The van der Waals surface area contributed by atoms with Gasteiger partial charge in [0.15, 0.2) is 6.29 Å². The molecule has 0 saturated carbocycles. The van der Waals surface area contributed by atoms with Crippen molar-refractivity contribution in [3.63, 3.8) is 0 Å². The van der Waals surface area contributed by atoms with Crippen LogP contribution in [0.4, 0.5) is 13.2 Å². The average molecular weight is 204 g/mol. The third kappa shape index (κ3) is 2.48. The second-order valence-electron chi connectivity index (χ2n) is 2.65. The number of hydrogen-bond acceptors (Lipinski definition) is 2. The van der Waals surface area contributed by atoms with Gasteiger partial charge < -0.3 is 4.74 Å². The number of ether oxygens (including phenoxy) is 1. The lowest BCUT2D eigenvalue weighted by Crippen LogP contribution is -2.18. The van der Waals surface area contributed by atoms with E-state index in [0.717, 1.165) is 6.07 Å². The van der Waals surface area contributed by atoms with Gasteiger partial charge >= 0.3 is 6.36 Å². The van der Waals surface area contributed by atoms with Gasteiger partial charge in [0, 0.05) is 0 Å². The maximum absolute atomic E-state index is 11.9. The maximum Gasteiger partial charge on any atom is 0.573 e. The molecule has 0 bridgehead atoms. The minimum Gasteiger partial charge on any atom is -0.405 e. The molecule has 2 nitrogen and oxygen atoms in total. The minimum absolute atomic E-state index is 0.0789. The fourth-order valence-corrected chi connectivity index (χ4v) is 1.02. The van der Waals surface area contributed by atoms with Crippen LogP contribution in [0, 0.1) is 6.92 Å². The fourth-order valence-electron chi connectivity index (χ4n) is 1.02. The number of carbonyl (C=O) groups excluding carboxylic acids is 1. The molecule has 5 heteroatoms. The maximum atomic E-state index is 11.9. The molecule has 14 heavy (non-hydrogen) atoms. The number of alkyl halides is 3. The van der Waals surface area contributed by atoms with E-state index >= 15 is 0 Å². The summed E-state index contributed by atoms with van der Waals surface area (Å²) in [7, 11) is 0. The smallest absolute Gasteiger partial charge is 0.405 e. The molecule has 0 heterocycles. The van der Waals surface area contributed by atoms with Crippen LogP contribution in [0.2, 0.25) is 0 Å². The minimum atomic E-state index is -4.77. The summed E-state index contributed by atoms with van der Waals surface area (Å²) in [5.74, 6) is -0.465. The zero-order chi connectivity index (χ0) is 10.8. The van der Waals surface area contributed by atoms with Crippen LogP contribution < -0.4 is 4.74 Å². The Morgan fingerprint density at radius 1 is 1.36 bits per heavy atom. The van der Waals surface area contributed by atoms with E-state index < -0.39 is 12.1 Å². The van der Waals surface area contributed by atoms with Crippen molar-refractivity contribution in [3.8, 4) is 5.75 Å². The largest absolute Gasteiger partial charge is 0.573 e. The van der Waals surface area contributed by atoms with Gasteiger partial charge in [0.05, 0.1) is 5.56 Å². The van der Waals surface area contributed by atoms with Gasteiger partial charge in [0.2, 0.25) is 0 Å². The number of benzene rings is 1. The standard InChI is InChI=1S/C9H7F3O2/c1-6-3-2-4-8(7(6)5-13)14-9(10,11)12/h2-5H,1H3. The van der Waals surface area contributed by atoms with Gasteiger partial charge in [-0.3, -0.25) is 4.79 Å². The Kier molecular flexibility index (Phi) is 2.78. The third-order valence-electron chi connectivity index (χ3n) is 1.63. The molecule has 0 saturated heterocycles. The van der Waals surface area contributed by atoms with E-state index in [4.69, 9.17) is 0 Å². The fraction of sp³-hybridized carbons (Fsp3) is 0.222. The quantitative estimate of drug-likeness (QED) is 0.692. The average Bonchev–Trinajstić information content (AvgIpc) is 2.01. The topological polar surface area (TPSA) is 26.3 Å². The van der Waals surface area contributed by atoms with Crippen molar-refractivity contribution in [2.45, 2.75) is 13.3 Å². The van der Waals surface area contributed by atoms with Gasteiger partial charge in [-0.15, -0.1) is 13.2 Å². The number of halogens is 3. The van der Waals surface area contributed by atoms with Crippen molar-refractivity contribution < 1.29 is 22.7 Å². The predicted molar refractivity (Wildman–Crippen MR) is 43.2 cm³/mol. The zero-order valence-electron chi connectivity index (χ0n) is 7.26. The summed E-state index contributed by atoms with van der Waals surface area (Å²) in [6.45, 7) is 1.53. The molecule has 0 aliphatic carbocycles. The van der Waals surface area contributed by atoms with E-state index in [1.807, 2.05) is 0 Å². The number of rotatable bonds is 2. The van der Waals surface area contributed by atoms with Crippen LogP contribution in [0.3, 0.4) is 0 Å². The molecule has 0 radical (unpaired) electrons. The molecule has 0 aliphatic heterocycles. The van der Waals surface area contributed by atoms with Crippen LogP contribution in [0.1, 0.15) is 15.9 Å². The second kappa shape index (κ2) is 3.69. The van der Waals surface area contributed by atoms with Gasteiger partial charge in [-0.25, -0.2) is 0 Å². The highest BCUT2D eigenvalue weighted by atomic mass is 19.4. The first-order valence-electron chi connectivity index (χ1n) is 3.74. The van der Waals surface area contributed by atoms with Crippen LogP contribution in [-0.2, 0) is 0 Å². The molecule has 1 rings (SSSR count). The van der Waals surface area contributed by atoms with Crippen molar-refractivity contribution in [1.29, 1.82) is 0 Å². The van der Waals surface area contributed by atoms with Crippen molar-refractivity contribution in [2.24, 2.45) is 0 Å². The normalized spacial score (nSPS) is 11.1. The molecule has 0 amide bonds. The zero-order valence-corrected chi connectivity index (χ0v) is 7.26. The van der Waals surface area contributed by atoms with Crippen molar-refractivity contribution >= 4 is 6.29 Å². The first-order valence-corrected chi connectivity index (χ1v) is 3.74. The first kappa shape index (κ1) is 10.6. The molecule has 0 fully saturated rings. The first-order chi connectivity index (χ1) is 6.44. The van der Waals surface area contributed by atoms with E-state index in [1.54, 1.807) is 0 Å². The molecule has 0 aliphatic rings. The summed E-state index contributed by atoms with van der Waals surface area (Å²) >= 11 is 0. The molecule has 1 aromatic carbocycles. The molecule has 0 aromatic heterocycles. The Morgan fingerprint density at radius 2 is 2.00 bits per heavy atom. The molecule has 76 valence electrons. The molecular weight excluding hydrogens is 197 g/mol. The lowest BCUT2D eigenvalue weighted by Gasteiger charge is -2.11. The van der Waals surface area contributed by atoms with E-state index in [1.165, 1.54) is 19.1 Å². The predicted octanol–water partition coefficient (Wildman–Crippen LogP) is 2.71. The summed E-state index contributed by atoms with van der Waals surface area (Å²) in [5, 5.41) is 0. The van der Waals surface area contributed by atoms with Crippen LogP contribution in [0.5, 0.6) is 5.75 Å². The monoisotopic (exact) mass is 204 g/mol. The van der Waals surface area contributed by atoms with E-state index in [9.17, 15) is 18.0 Å². The second-order valence-corrected chi connectivity index (χ2v) is 2.65. The SMILES string of the molecule is Cc1cccc(OC(F)(F)F)c1C=O. The van der Waals surface area contributed by atoms with Gasteiger partial charge in [-0.2, -0.15) is 0 Å². The highest BCUT2D eigenvalue weighted by molar-refractivity contribution is 5.81. The lowest BCUT2D eigenvalue weighted by molar-refractivity contribution is -0.274. The molecular formula is C9H7F3O2. The van der Waals surface area contributed by atoms with Crippen LogP contribution in [0.25, 0.3) is 0 Å². The Morgan fingerprint density at radius 3 is 2.50 bits per heavy atom. The summed E-state index contributed by atoms with van der Waals surface area (Å²) in [4.78, 5) is 10.5. The third-order valence-corrected chi connectivity index (χ3v) is 1.63. The van der Waals surface area contributed by atoms with E-state index in [-0.39, 0.29) is 5.56 Å². The number of aldehydes is 1. The molecule has 0 atom stereocenters. The highest BCUT2D eigenvalue weighted by Gasteiger charge is 2.32. The van der Waals surface area contributed by atoms with Crippen molar-refractivity contribution in [1.82, 2.24) is 0 Å². The number of carbonyl (C=O) groups is 1. The number of hydrogen-bond donors (Lipinski definition) is 0. The van der Waals surface area contributed by atoms with E-state index in [2.05, 4.69) is 4.74 Å². The van der Waals surface area contributed by atoms with Crippen molar-refractivity contribution in [3.05, 3.63) is 29.3 Å². The lowest BCUT2D eigenvalue weighted by atomic mass is 10.1. The van der Waals surface area contributed by atoms with Crippen LogP contribution in [0.15, 0.2) is 18.2 Å². The molecule has 0 N–H and O–H groups in total. The Hall–Kier alpha value is -1.52. The Labute approximate surface area is 78.3 Å². The summed E-state index contributed by atoms with van der Waals surface area (Å²) < 4.78 is 39.2. The van der Waals surface area contributed by atoms with Crippen LogP contribution in [-0.4, -0.2) is 12.6 Å².